The maximum Gasteiger partial charge on any atom is 0.435 e. The van der Waals surface area contributed by atoms with Crippen molar-refractivity contribution in [3.63, 3.8) is 0 Å². The lowest BCUT2D eigenvalue weighted by Gasteiger charge is -2.07. The standard InChI is InChI=1S/C20H17BrCl2F3N5O/c21-14-10-30(9-12-3-4-13(22)7-15(12)23)29-19(14)27-18(32)5-6-31-16(11-1-2-11)8-17(28-31)20(24,25)26/h3-4,7-8,10-11H,1-2,5-6,9H2,(H,27,29,32). The summed E-state index contributed by atoms with van der Waals surface area (Å²) in [5, 5.41) is 11.7. The van der Waals surface area contributed by atoms with Crippen LogP contribution in [0.25, 0.3) is 0 Å². The van der Waals surface area contributed by atoms with Crippen molar-refractivity contribution in [2.75, 3.05) is 5.32 Å². The van der Waals surface area contributed by atoms with E-state index in [1.807, 2.05) is 0 Å². The molecule has 12 heteroatoms. The summed E-state index contributed by atoms with van der Waals surface area (Å²) in [5.74, 6) is -0.00331. The van der Waals surface area contributed by atoms with Gasteiger partial charge >= 0.3 is 6.18 Å². The predicted octanol–water partition coefficient (Wildman–Crippen LogP) is 6.12. The van der Waals surface area contributed by atoms with Crippen LogP contribution in [-0.4, -0.2) is 25.5 Å². The van der Waals surface area contributed by atoms with E-state index >= 15 is 0 Å². The van der Waals surface area contributed by atoms with Crippen molar-refractivity contribution in [2.24, 2.45) is 0 Å². The number of aryl methyl sites for hydroxylation is 1. The van der Waals surface area contributed by atoms with E-state index in [-0.39, 0.29) is 24.8 Å². The van der Waals surface area contributed by atoms with Crippen molar-refractivity contribution in [1.82, 2.24) is 19.6 Å². The number of rotatable bonds is 7. The fourth-order valence-electron chi connectivity index (χ4n) is 3.25. The molecule has 1 aliphatic rings. The van der Waals surface area contributed by atoms with Gasteiger partial charge in [0.2, 0.25) is 5.91 Å². The first kappa shape index (κ1) is 23.1. The summed E-state index contributed by atoms with van der Waals surface area (Å²) in [6, 6.07) is 6.22. The van der Waals surface area contributed by atoms with Gasteiger partial charge in [0, 0.05) is 40.8 Å². The topological polar surface area (TPSA) is 64.7 Å². The summed E-state index contributed by atoms with van der Waals surface area (Å²) in [6.07, 6.45) is -1.20. The molecule has 1 N–H and O–H groups in total. The molecule has 32 heavy (non-hydrogen) atoms. The molecule has 0 bridgehead atoms. The van der Waals surface area contributed by atoms with Crippen molar-refractivity contribution in [3.05, 3.63) is 61.9 Å². The van der Waals surface area contributed by atoms with Gasteiger partial charge in [-0.3, -0.25) is 14.2 Å². The molecule has 0 saturated heterocycles. The molecule has 0 atom stereocenters. The molecule has 0 spiro atoms. The Balaban J connectivity index is 1.39. The summed E-state index contributed by atoms with van der Waals surface area (Å²) in [6.45, 7) is 0.412. The first-order valence-electron chi connectivity index (χ1n) is 9.72. The van der Waals surface area contributed by atoms with E-state index in [0.29, 0.717) is 32.6 Å². The predicted molar refractivity (Wildman–Crippen MR) is 118 cm³/mol. The number of nitrogens with one attached hydrogen (secondary N) is 1. The highest BCUT2D eigenvalue weighted by atomic mass is 79.9. The molecular weight excluding hydrogens is 534 g/mol. The third-order valence-corrected chi connectivity index (χ3v) is 6.14. The van der Waals surface area contributed by atoms with Crippen molar-refractivity contribution < 1.29 is 18.0 Å². The third-order valence-electron chi connectivity index (χ3n) is 4.97. The molecule has 4 rings (SSSR count). The second kappa shape index (κ2) is 9.07. The van der Waals surface area contributed by atoms with Crippen molar-refractivity contribution >= 4 is 50.9 Å². The van der Waals surface area contributed by atoms with Crippen LogP contribution < -0.4 is 5.32 Å². The van der Waals surface area contributed by atoms with Gasteiger partial charge in [0.15, 0.2) is 11.5 Å². The summed E-state index contributed by atoms with van der Waals surface area (Å²) >= 11 is 15.5. The number of aromatic nitrogens is 4. The third kappa shape index (κ3) is 5.47. The van der Waals surface area contributed by atoms with Gasteiger partial charge in [0.05, 0.1) is 11.0 Å². The number of nitrogens with zero attached hydrogens (tertiary/aromatic N) is 4. The highest BCUT2D eigenvalue weighted by molar-refractivity contribution is 9.10. The van der Waals surface area contributed by atoms with Gasteiger partial charge in [-0.15, -0.1) is 0 Å². The lowest BCUT2D eigenvalue weighted by atomic mass is 10.2. The van der Waals surface area contributed by atoms with Crippen LogP contribution >= 0.6 is 39.1 Å². The number of carbonyl (C=O) groups excluding carboxylic acids is 1. The number of anilines is 1. The molecule has 6 nitrogen and oxygen atoms in total. The monoisotopic (exact) mass is 549 g/mol. The van der Waals surface area contributed by atoms with Crippen LogP contribution in [0.4, 0.5) is 19.0 Å². The van der Waals surface area contributed by atoms with Crippen LogP contribution in [0.3, 0.4) is 0 Å². The molecule has 3 aromatic rings. The zero-order valence-electron chi connectivity index (χ0n) is 16.5. The van der Waals surface area contributed by atoms with Gasteiger partial charge in [-0.05, 0) is 52.5 Å². The zero-order valence-corrected chi connectivity index (χ0v) is 19.6. The van der Waals surface area contributed by atoms with Crippen LogP contribution in [0.2, 0.25) is 10.0 Å². The maximum atomic E-state index is 13.0. The Morgan fingerprint density at radius 3 is 2.62 bits per heavy atom. The molecule has 170 valence electrons. The van der Waals surface area contributed by atoms with Crippen LogP contribution in [-0.2, 0) is 24.1 Å². The number of alkyl halides is 3. The van der Waals surface area contributed by atoms with E-state index in [1.54, 1.807) is 29.1 Å². The average molecular weight is 551 g/mol. The van der Waals surface area contributed by atoms with E-state index in [0.717, 1.165) is 24.5 Å². The van der Waals surface area contributed by atoms with E-state index in [2.05, 4.69) is 31.4 Å². The van der Waals surface area contributed by atoms with Crippen molar-refractivity contribution in [1.29, 1.82) is 0 Å². The van der Waals surface area contributed by atoms with E-state index in [4.69, 9.17) is 23.2 Å². The van der Waals surface area contributed by atoms with E-state index in [1.165, 1.54) is 4.68 Å². The fraction of sp³-hybridized carbons (Fsp3) is 0.350. The van der Waals surface area contributed by atoms with Crippen LogP contribution in [0.1, 0.15) is 42.1 Å². The van der Waals surface area contributed by atoms with Crippen molar-refractivity contribution in [3.8, 4) is 0 Å². The van der Waals surface area contributed by atoms with Crippen molar-refractivity contribution in [2.45, 2.75) is 44.4 Å². The molecule has 0 aliphatic heterocycles. The van der Waals surface area contributed by atoms with Crippen LogP contribution in [0.15, 0.2) is 34.9 Å². The average Bonchev–Trinajstić information content (AvgIpc) is 3.36. The van der Waals surface area contributed by atoms with Crippen LogP contribution in [0, 0.1) is 0 Å². The molecule has 1 saturated carbocycles. The van der Waals surface area contributed by atoms with Gasteiger partial charge in [-0.1, -0.05) is 29.3 Å². The quantitative estimate of drug-likeness (QED) is 0.385. The molecule has 1 aromatic carbocycles. The minimum Gasteiger partial charge on any atom is -0.308 e. The Morgan fingerprint density at radius 1 is 1.22 bits per heavy atom. The van der Waals surface area contributed by atoms with Gasteiger partial charge in [0.25, 0.3) is 0 Å². The molecule has 0 unspecified atom stereocenters. The molecule has 2 aromatic heterocycles. The second-order valence-corrected chi connectivity index (χ2v) is 9.20. The first-order valence-corrected chi connectivity index (χ1v) is 11.3. The maximum absolute atomic E-state index is 13.0. The number of hydrogen-bond donors (Lipinski definition) is 1. The molecule has 1 aliphatic carbocycles. The number of benzene rings is 1. The van der Waals surface area contributed by atoms with Crippen LogP contribution in [0.5, 0.6) is 0 Å². The lowest BCUT2D eigenvalue weighted by molar-refractivity contribution is -0.141. The Labute approximate surface area is 199 Å². The molecule has 1 amide bonds. The number of amides is 1. The minimum absolute atomic E-state index is 0.0407. The smallest absolute Gasteiger partial charge is 0.308 e. The summed E-state index contributed by atoms with van der Waals surface area (Å²) in [7, 11) is 0. The fourth-order valence-corrected chi connectivity index (χ4v) is 4.13. The molecular formula is C20H17BrCl2F3N5O. The second-order valence-electron chi connectivity index (χ2n) is 7.51. The normalized spacial score (nSPS) is 14.1. The Bertz CT molecular complexity index is 1160. The number of carbonyl (C=O) groups is 1. The highest BCUT2D eigenvalue weighted by Crippen LogP contribution is 2.42. The molecule has 2 heterocycles. The minimum atomic E-state index is -4.51. The molecule has 1 fully saturated rings. The zero-order chi connectivity index (χ0) is 23.0. The summed E-state index contributed by atoms with van der Waals surface area (Å²) in [5.41, 5.74) is 0.397. The van der Waals surface area contributed by atoms with E-state index in [9.17, 15) is 18.0 Å². The Morgan fingerprint density at radius 2 is 1.97 bits per heavy atom. The Hall–Kier alpha value is -2.04. The summed E-state index contributed by atoms with van der Waals surface area (Å²) < 4.78 is 42.5. The SMILES string of the molecule is O=C(CCn1nc(C(F)(F)F)cc1C1CC1)Nc1nn(Cc2ccc(Cl)cc2Cl)cc1Br. The van der Waals surface area contributed by atoms with E-state index < -0.39 is 11.9 Å². The first-order chi connectivity index (χ1) is 15.1. The van der Waals surface area contributed by atoms with Gasteiger partial charge < -0.3 is 5.32 Å². The van der Waals surface area contributed by atoms with Gasteiger partial charge in [-0.2, -0.15) is 23.4 Å². The number of halogens is 6. The summed E-state index contributed by atoms with van der Waals surface area (Å²) in [4.78, 5) is 12.4. The van der Waals surface area contributed by atoms with Gasteiger partial charge in [0.1, 0.15) is 0 Å². The number of hydrogen-bond acceptors (Lipinski definition) is 3. The molecule has 0 radical (unpaired) electrons. The largest absolute Gasteiger partial charge is 0.435 e. The highest BCUT2D eigenvalue weighted by Gasteiger charge is 2.37. The van der Waals surface area contributed by atoms with Gasteiger partial charge in [-0.25, -0.2) is 0 Å². The Kier molecular flexibility index (Phi) is 6.56. The lowest BCUT2D eigenvalue weighted by Crippen LogP contribution is -2.17.